The van der Waals surface area contributed by atoms with Gasteiger partial charge in [0.2, 0.25) is 0 Å². The average Bonchev–Trinajstić information content (AvgIpc) is 2.95. The second-order valence-electron chi connectivity index (χ2n) is 5.38. The van der Waals surface area contributed by atoms with E-state index >= 15 is 0 Å². The van der Waals surface area contributed by atoms with Crippen LogP contribution in [0.2, 0.25) is 0 Å². The molecule has 0 aliphatic carbocycles. The van der Waals surface area contributed by atoms with E-state index in [0.717, 1.165) is 17.5 Å². The number of fused-ring (bicyclic) bond motifs is 1. The zero-order valence-corrected chi connectivity index (χ0v) is 12.3. The minimum Gasteiger partial charge on any atom is -0.478 e. The van der Waals surface area contributed by atoms with Gasteiger partial charge in [0.25, 0.3) is 0 Å². The molecule has 1 saturated heterocycles. The maximum absolute atomic E-state index is 11.5. The molecule has 2 atom stereocenters. The van der Waals surface area contributed by atoms with E-state index in [9.17, 15) is 9.90 Å². The summed E-state index contributed by atoms with van der Waals surface area (Å²) in [6.45, 7) is 4.52. The summed E-state index contributed by atoms with van der Waals surface area (Å²) in [5.41, 5.74) is 2.18. The van der Waals surface area contributed by atoms with Crippen molar-refractivity contribution >= 4 is 22.7 Å². The van der Waals surface area contributed by atoms with Crippen LogP contribution in [0.25, 0.3) is 11.0 Å². The predicted octanol–water partition coefficient (Wildman–Crippen LogP) is 1.56. The first-order chi connectivity index (χ1) is 9.99. The van der Waals surface area contributed by atoms with Crippen LogP contribution in [0, 0.1) is 6.92 Å². The molecule has 1 fully saturated rings. The molecular formula is C14H18N4O3. The molecule has 2 aromatic rings. The summed E-state index contributed by atoms with van der Waals surface area (Å²) in [5.74, 6) is -0.998. The van der Waals surface area contributed by atoms with Crippen LogP contribution in [0.15, 0.2) is 6.20 Å². The van der Waals surface area contributed by atoms with Crippen molar-refractivity contribution in [3.63, 3.8) is 0 Å². The number of carboxylic acid groups (broad SMARTS) is 1. The normalized spacial score (nSPS) is 21.9. The highest BCUT2D eigenvalue weighted by Crippen LogP contribution is 2.31. The Labute approximate surface area is 121 Å². The molecule has 0 aromatic carbocycles. The molecular weight excluding hydrogens is 272 g/mol. The molecule has 3 rings (SSSR count). The lowest BCUT2D eigenvalue weighted by atomic mass is 10.1. The molecule has 0 saturated carbocycles. The van der Waals surface area contributed by atoms with Crippen molar-refractivity contribution in [2.75, 3.05) is 11.9 Å². The molecule has 3 heterocycles. The van der Waals surface area contributed by atoms with Gasteiger partial charge in [-0.05, 0) is 20.3 Å². The molecule has 2 aromatic heterocycles. The summed E-state index contributed by atoms with van der Waals surface area (Å²) < 4.78 is 7.20. The fraction of sp³-hybridized carbons (Fsp3) is 0.500. The van der Waals surface area contributed by atoms with Crippen LogP contribution in [0.1, 0.15) is 29.4 Å². The van der Waals surface area contributed by atoms with E-state index in [1.165, 1.54) is 6.20 Å². The number of aromatic carboxylic acids is 1. The largest absolute Gasteiger partial charge is 0.478 e. The summed E-state index contributed by atoms with van der Waals surface area (Å²) >= 11 is 0. The van der Waals surface area contributed by atoms with Gasteiger partial charge in [-0.1, -0.05) is 0 Å². The topological polar surface area (TPSA) is 89.3 Å². The lowest BCUT2D eigenvalue weighted by Crippen LogP contribution is -2.27. The molecule has 0 spiro atoms. The van der Waals surface area contributed by atoms with Crippen molar-refractivity contribution in [3.05, 3.63) is 17.5 Å². The van der Waals surface area contributed by atoms with Crippen molar-refractivity contribution in [1.29, 1.82) is 0 Å². The summed E-state index contributed by atoms with van der Waals surface area (Å²) in [4.78, 5) is 15.7. The van der Waals surface area contributed by atoms with Crippen molar-refractivity contribution in [2.24, 2.45) is 7.05 Å². The zero-order valence-electron chi connectivity index (χ0n) is 12.3. The molecule has 2 N–H and O–H groups in total. The Morgan fingerprint density at radius 3 is 2.95 bits per heavy atom. The lowest BCUT2D eigenvalue weighted by Gasteiger charge is -2.19. The highest BCUT2D eigenvalue weighted by molar-refractivity contribution is 6.04. The van der Waals surface area contributed by atoms with Crippen LogP contribution < -0.4 is 5.32 Å². The number of hydrogen-bond donors (Lipinski definition) is 2. The van der Waals surface area contributed by atoms with Gasteiger partial charge in [0, 0.05) is 19.9 Å². The minimum absolute atomic E-state index is 0.0480. The number of nitrogens with one attached hydrogen (secondary N) is 1. The first kappa shape index (κ1) is 13.8. The van der Waals surface area contributed by atoms with E-state index in [1.807, 2.05) is 13.8 Å². The third-order valence-electron chi connectivity index (χ3n) is 3.96. The summed E-state index contributed by atoms with van der Waals surface area (Å²) in [5, 5.41) is 17.9. The van der Waals surface area contributed by atoms with Gasteiger partial charge in [-0.2, -0.15) is 5.10 Å². The Hall–Kier alpha value is -2.15. The maximum Gasteiger partial charge on any atom is 0.339 e. The molecule has 0 bridgehead atoms. The molecule has 7 heteroatoms. The van der Waals surface area contributed by atoms with E-state index in [2.05, 4.69) is 15.4 Å². The number of aromatic nitrogens is 3. The van der Waals surface area contributed by atoms with Gasteiger partial charge >= 0.3 is 5.97 Å². The Bertz CT molecular complexity index is 710. The van der Waals surface area contributed by atoms with Gasteiger partial charge in [0.15, 0.2) is 5.65 Å². The monoisotopic (exact) mass is 290 g/mol. The number of carbonyl (C=O) groups is 1. The summed E-state index contributed by atoms with van der Waals surface area (Å²) in [6, 6.07) is 0.0910. The number of rotatable bonds is 3. The molecule has 0 amide bonds. The van der Waals surface area contributed by atoms with Gasteiger partial charge in [0.05, 0.1) is 28.9 Å². The van der Waals surface area contributed by atoms with E-state index in [1.54, 1.807) is 11.7 Å². The standard InChI is InChI=1S/C14H18N4O3/c1-7-11-12(16-10-4-5-21-8(10)2)9(14(19)20)6-15-13(11)18(3)17-7/h6,8,10H,4-5H2,1-3H3,(H,15,16)(H,19,20). The number of hydrogen-bond acceptors (Lipinski definition) is 5. The van der Waals surface area contributed by atoms with E-state index in [-0.39, 0.29) is 17.7 Å². The molecule has 1 aliphatic rings. The van der Waals surface area contributed by atoms with Crippen molar-refractivity contribution in [1.82, 2.24) is 14.8 Å². The highest BCUT2D eigenvalue weighted by Gasteiger charge is 2.27. The first-order valence-electron chi connectivity index (χ1n) is 6.92. The molecule has 112 valence electrons. The van der Waals surface area contributed by atoms with Crippen LogP contribution >= 0.6 is 0 Å². The third kappa shape index (κ3) is 2.23. The quantitative estimate of drug-likeness (QED) is 0.891. The molecule has 2 unspecified atom stereocenters. The lowest BCUT2D eigenvalue weighted by molar-refractivity contribution is 0.0697. The fourth-order valence-corrected chi connectivity index (χ4v) is 2.83. The van der Waals surface area contributed by atoms with Crippen LogP contribution in [-0.4, -0.2) is 44.6 Å². The number of anilines is 1. The van der Waals surface area contributed by atoms with Crippen LogP contribution in [-0.2, 0) is 11.8 Å². The van der Waals surface area contributed by atoms with Crippen LogP contribution in [0.3, 0.4) is 0 Å². The van der Waals surface area contributed by atoms with E-state index < -0.39 is 5.97 Å². The maximum atomic E-state index is 11.5. The summed E-state index contributed by atoms with van der Waals surface area (Å²) in [7, 11) is 1.80. The fourth-order valence-electron chi connectivity index (χ4n) is 2.83. The van der Waals surface area contributed by atoms with Gasteiger partial charge in [0.1, 0.15) is 5.56 Å². The molecule has 1 aliphatic heterocycles. The Morgan fingerprint density at radius 2 is 2.33 bits per heavy atom. The zero-order chi connectivity index (χ0) is 15.1. The van der Waals surface area contributed by atoms with Crippen molar-refractivity contribution < 1.29 is 14.6 Å². The summed E-state index contributed by atoms with van der Waals surface area (Å²) in [6.07, 6.45) is 2.28. The number of nitrogens with zero attached hydrogens (tertiary/aromatic N) is 3. The van der Waals surface area contributed by atoms with Gasteiger partial charge in [-0.15, -0.1) is 0 Å². The smallest absolute Gasteiger partial charge is 0.339 e. The van der Waals surface area contributed by atoms with Gasteiger partial charge < -0.3 is 15.2 Å². The molecule has 7 nitrogen and oxygen atoms in total. The third-order valence-corrected chi connectivity index (χ3v) is 3.96. The van der Waals surface area contributed by atoms with E-state index in [4.69, 9.17) is 4.74 Å². The number of carboxylic acids is 1. The second-order valence-corrected chi connectivity index (χ2v) is 5.38. The van der Waals surface area contributed by atoms with Gasteiger partial charge in [-0.3, -0.25) is 4.68 Å². The Balaban J connectivity index is 2.16. The number of pyridine rings is 1. The Kier molecular flexibility index (Phi) is 3.29. The molecule has 0 radical (unpaired) electrons. The second kappa shape index (κ2) is 5.00. The van der Waals surface area contributed by atoms with Crippen molar-refractivity contribution in [3.8, 4) is 0 Å². The number of aryl methyl sites for hydroxylation is 2. The first-order valence-corrected chi connectivity index (χ1v) is 6.92. The van der Waals surface area contributed by atoms with Crippen molar-refractivity contribution in [2.45, 2.75) is 32.4 Å². The Morgan fingerprint density at radius 1 is 1.57 bits per heavy atom. The van der Waals surface area contributed by atoms with Gasteiger partial charge in [-0.25, -0.2) is 9.78 Å². The molecule has 21 heavy (non-hydrogen) atoms. The SMILES string of the molecule is Cc1nn(C)c2ncc(C(=O)O)c(NC3CCOC3C)c12. The average molecular weight is 290 g/mol. The predicted molar refractivity (Wildman–Crippen MR) is 77.6 cm³/mol. The van der Waals surface area contributed by atoms with Crippen LogP contribution in [0.5, 0.6) is 0 Å². The highest BCUT2D eigenvalue weighted by atomic mass is 16.5. The van der Waals surface area contributed by atoms with Crippen LogP contribution in [0.4, 0.5) is 5.69 Å². The minimum atomic E-state index is -0.998. The van der Waals surface area contributed by atoms with E-state index in [0.29, 0.717) is 17.9 Å². The number of ether oxygens (including phenoxy) is 1.